The average Bonchev–Trinajstić information content (AvgIpc) is 3.07. The highest BCUT2D eigenvalue weighted by molar-refractivity contribution is 7.13. The Kier molecular flexibility index (Phi) is 6.37. The number of thiazole rings is 1. The van der Waals surface area contributed by atoms with Gasteiger partial charge in [-0.15, -0.1) is 17.9 Å². The van der Waals surface area contributed by atoms with Gasteiger partial charge in [0.05, 0.1) is 13.7 Å². The minimum Gasteiger partial charge on any atom is -0.493 e. The molecule has 6 heteroatoms. The zero-order valence-corrected chi connectivity index (χ0v) is 15.0. The van der Waals surface area contributed by atoms with Gasteiger partial charge < -0.3 is 14.8 Å². The molecule has 1 aromatic carbocycles. The van der Waals surface area contributed by atoms with Crippen LogP contribution >= 0.6 is 11.3 Å². The average molecular weight is 346 g/mol. The molecule has 0 fully saturated rings. The van der Waals surface area contributed by atoms with Crippen molar-refractivity contribution in [3.05, 3.63) is 41.9 Å². The molecule has 1 amide bonds. The number of methoxy groups -OCH3 is 1. The van der Waals surface area contributed by atoms with Gasteiger partial charge in [-0.2, -0.15) is 0 Å². The Hall–Kier alpha value is -2.34. The molecule has 0 aliphatic rings. The summed E-state index contributed by atoms with van der Waals surface area (Å²) in [7, 11) is 1.61. The lowest BCUT2D eigenvalue weighted by Gasteiger charge is -2.13. The van der Waals surface area contributed by atoms with Crippen molar-refractivity contribution in [1.29, 1.82) is 0 Å². The minimum atomic E-state index is -0.207. The zero-order chi connectivity index (χ0) is 17.5. The number of ether oxygens (including phenoxy) is 2. The molecule has 0 atom stereocenters. The van der Waals surface area contributed by atoms with Gasteiger partial charge in [-0.1, -0.05) is 19.9 Å². The van der Waals surface area contributed by atoms with Crippen molar-refractivity contribution < 1.29 is 14.3 Å². The predicted octanol–water partition coefficient (Wildman–Crippen LogP) is 3.77. The Bertz CT molecular complexity index is 710. The number of nitrogens with one attached hydrogen (secondary N) is 1. The van der Waals surface area contributed by atoms with Gasteiger partial charge in [0, 0.05) is 17.5 Å². The van der Waals surface area contributed by atoms with Crippen molar-refractivity contribution in [2.24, 2.45) is 5.92 Å². The third-order valence-electron chi connectivity index (χ3n) is 3.13. The van der Waals surface area contributed by atoms with Crippen molar-refractivity contribution in [2.45, 2.75) is 13.8 Å². The fraction of sp³-hybridized carbons (Fsp3) is 0.333. The predicted molar refractivity (Wildman–Crippen MR) is 97.0 cm³/mol. The van der Waals surface area contributed by atoms with Gasteiger partial charge in [0.2, 0.25) is 0 Å². The van der Waals surface area contributed by atoms with Crippen LogP contribution in [0.25, 0.3) is 10.6 Å². The number of carbonyl (C=O) groups is 1. The number of nitrogens with zero attached hydrogens (tertiary/aromatic N) is 1. The van der Waals surface area contributed by atoms with Crippen molar-refractivity contribution in [3.8, 4) is 22.1 Å². The van der Waals surface area contributed by atoms with Crippen LogP contribution in [-0.2, 0) is 0 Å². The maximum atomic E-state index is 11.9. The van der Waals surface area contributed by atoms with E-state index in [9.17, 15) is 4.79 Å². The lowest BCUT2D eigenvalue weighted by molar-refractivity contribution is 0.0954. The van der Waals surface area contributed by atoms with E-state index < -0.39 is 0 Å². The molecule has 0 bridgehead atoms. The van der Waals surface area contributed by atoms with Gasteiger partial charge in [-0.05, 0) is 24.1 Å². The summed E-state index contributed by atoms with van der Waals surface area (Å²) in [5.74, 6) is 1.59. The molecular weight excluding hydrogens is 324 g/mol. The zero-order valence-electron chi connectivity index (χ0n) is 14.2. The topological polar surface area (TPSA) is 60.5 Å². The van der Waals surface area contributed by atoms with Gasteiger partial charge in [0.15, 0.2) is 11.5 Å². The van der Waals surface area contributed by atoms with E-state index in [-0.39, 0.29) is 5.91 Å². The van der Waals surface area contributed by atoms with E-state index >= 15 is 0 Å². The molecule has 0 unspecified atom stereocenters. The summed E-state index contributed by atoms with van der Waals surface area (Å²) in [4.78, 5) is 16.3. The summed E-state index contributed by atoms with van der Waals surface area (Å²) >= 11 is 1.41. The van der Waals surface area contributed by atoms with Crippen LogP contribution in [0.3, 0.4) is 0 Å². The number of rotatable bonds is 8. The minimum absolute atomic E-state index is 0.207. The summed E-state index contributed by atoms with van der Waals surface area (Å²) < 4.78 is 11.2. The lowest BCUT2D eigenvalue weighted by Crippen LogP contribution is -2.23. The molecule has 0 aliphatic heterocycles. The van der Waals surface area contributed by atoms with Gasteiger partial charge in [0.1, 0.15) is 10.7 Å². The highest BCUT2D eigenvalue weighted by Gasteiger charge is 2.13. The highest BCUT2D eigenvalue weighted by Crippen LogP contribution is 2.34. The van der Waals surface area contributed by atoms with Crippen molar-refractivity contribution >= 4 is 17.2 Å². The Morgan fingerprint density at radius 1 is 1.42 bits per heavy atom. The summed E-state index contributed by atoms with van der Waals surface area (Å²) in [5, 5.41) is 5.21. The first-order valence-corrected chi connectivity index (χ1v) is 8.59. The summed E-state index contributed by atoms with van der Waals surface area (Å²) in [6, 6.07) is 5.66. The van der Waals surface area contributed by atoms with E-state index in [0.29, 0.717) is 36.3 Å². The molecule has 1 aromatic heterocycles. The first-order valence-electron chi connectivity index (χ1n) is 7.71. The van der Waals surface area contributed by atoms with E-state index in [1.165, 1.54) is 11.3 Å². The summed E-state index contributed by atoms with van der Waals surface area (Å²) in [6.07, 6.45) is 1.63. The fourth-order valence-corrected chi connectivity index (χ4v) is 2.74. The van der Waals surface area contributed by atoms with Crippen LogP contribution in [0.5, 0.6) is 11.5 Å². The van der Waals surface area contributed by atoms with E-state index in [4.69, 9.17) is 9.47 Å². The van der Waals surface area contributed by atoms with E-state index in [0.717, 1.165) is 10.6 Å². The number of benzene rings is 1. The second kappa shape index (κ2) is 8.49. The van der Waals surface area contributed by atoms with Crippen LogP contribution < -0.4 is 14.8 Å². The van der Waals surface area contributed by atoms with Crippen molar-refractivity contribution in [1.82, 2.24) is 10.3 Å². The van der Waals surface area contributed by atoms with Crippen molar-refractivity contribution in [2.75, 3.05) is 20.3 Å². The van der Waals surface area contributed by atoms with Crippen LogP contribution in [0.2, 0.25) is 0 Å². The first-order chi connectivity index (χ1) is 11.5. The van der Waals surface area contributed by atoms with Crippen LogP contribution in [-0.4, -0.2) is 31.2 Å². The lowest BCUT2D eigenvalue weighted by atomic mass is 10.2. The normalized spacial score (nSPS) is 10.5. The van der Waals surface area contributed by atoms with Gasteiger partial charge in [-0.3, -0.25) is 4.79 Å². The Morgan fingerprint density at radius 3 is 2.88 bits per heavy atom. The van der Waals surface area contributed by atoms with E-state index in [2.05, 4.69) is 30.7 Å². The SMILES string of the molecule is C=CCNC(=O)c1csc(-c2ccc(OCC(C)C)c(OC)c2)n1. The molecule has 2 rings (SSSR count). The molecule has 0 spiro atoms. The van der Waals surface area contributed by atoms with Crippen LogP contribution in [0.4, 0.5) is 0 Å². The largest absolute Gasteiger partial charge is 0.493 e. The Labute approximate surface area is 146 Å². The fourth-order valence-electron chi connectivity index (χ4n) is 1.94. The molecule has 0 saturated carbocycles. The van der Waals surface area contributed by atoms with E-state index in [1.54, 1.807) is 18.6 Å². The highest BCUT2D eigenvalue weighted by atomic mass is 32.1. The standard InChI is InChI=1S/C18H22N2O3S/c1-5-8-19-17(21)14-11-24-18(20-14)13-6-7-15(16(9-13)22-4)23-10-12(2)3/h5-7,9,11-12H,1,8,10H2,2-4H3,(H,19,21). The summed E-state index contributed by atoms with van der Waals surface area (Å²) in [5.41, 5.74) is 1.28. The van der Waals surface area contributed by atoms with Gasteiger partial charge in [0.25, 0.3) is 5.91 Å². The Morgan fingerprint density at radius 2 is 2.21 bits per heavy atom. The van der Waals surface area contributed by atoms with Gasteiger partial charge in [-0.25, -0.2) is 4.98 Å². The monoisotopic (exact) mass is 346 g/mol. The molecule has 1 N–H and O–H groups in total. The maximum Gasteiger partial charge on any atom is 0.271 e. The third kappa shape index (κ3) is 4.58. The Balaban J connectivity index is 2.18. The molecule has 0 aliphatic carbocycles. The second-order valence-corrected chi connectivity index (χ2v) is 6.47. The number of carbonyl (C=O) groups excluding carboxylic acids is 1. The number of aromatic nitrogens is 1. The molecule has 0 saturated heterocycles. The third-order valence-corrected chi connectivity index (χ3v) is 4.02. The quantitative estimate of drug-likeness (QED) is 0.739. The molecule has 5 nitrogen and oxygen atoms in total. The molecule has 1 heterocycles. The number of amides is 1. The molecule has 0 radical (unpaired) electrons. The molecule has 128 valence electrons. The smallest absolute Gasteiger partial charge is 0.271 e. The summed E-state index contributed by atoms with van der Waals surface area (Å²) in [6.45, 7) is 8.80. The molecular formula is C18H22N2O3S. The number of hydrogen-bond donors (Lipinski definition) is 1. The molecule has 24 heavy (non-hydrogen) atoms. The maximum absolute atomic E-state index is 11.9. The van der Waals surface area contributed by atoms with Crippen LogP contribution in [0, 0.1) is 5.92 Å². The first kappa shape index (κ1) is 18.0. The van der Waals surface area contributed by atoms with Crippen LogP contribution in [0.15, 0.2) is 36.2 Å². The second-order valence-electron chi connectivity index (χ2n) is 5.61. The number of hydrogen-bond acceptors (Lipinski definition) is 5. The van der Waals surface area contributed by atoms with Crippen LogP contribution in [0.1, 0.15) is 24.3 Å². The van der Waals surface area contributed by atoms with E-state index in [1.807, 2.05) is 18.2 Å². The van der Waals surface area contributed by atoms with Gasteiger partial charge >= 0.3 is 0 Å². The molecule has 2 aromatic rings. The van der Waals surface area contributed by atoms with Crippen molar-refractivity contribution in [3.63, 3.8) is 0 Å².